The van der Waals surface area contributed by atoms with Gasteiger partial charge in [0.1, 0.15) is 5.78 Å². The van der Waals surface area contributed by atoms with E-state index >= 15 is 0 Å². The normalized spacial score (nSPS) is 54.3. The lowest BCUT2D eigenvalue weighted by Crippen LogP contribution is -2.55. The monoisotopic (exact) mass is 346 g/mol. The van der Waals surface area contributed by atoms with Crippen molar-refractivity contribution in [3.8, 4) is 0 Å². The van der Waals surface area contributed by atoms with Crippen molar-refractivity contribution in [2.24, 2.45) is 46.3 Å². The predicted molar refractivity (Wildman–Crippen MR) is 101 cm³/mol. The fraction of sp³-hybridized carbons (Fsp3) is 0.957. The Balaban J connectivity index is 1.64. The average Bonchev–Trinajstić information content (AvgIpc) is 2.84. The summed E-state index contributed by atoms with van der Waals surface area (Å²) in [6.45, 7) is 11.3. The minimum absolute atomic E-state index is 0.260. The van der Waals surface area contributed by atoms with Crippen LogP contribution in [0.25, 0.3) is 0 Å². The van der Waals surface area contributed by atoms with Crippen molar-refractivity contribution in [1.82, 2.24) is 0 Å². The summed E-state index contributed by atoms with van der Waals surface area (Å²) in [4.78, 5) is 12.3. The van der Waals surface area contributed by atoms with Crippen LogP contribution in [0, 0.1) is 46.3 Å². The van der Waals surface area contributed by atoms with Crippen LogP contribution in [-0.4, -0.2) is 16.5 Å². The van der Waals surface area contributed by atoms with Crippen molar-refractivity contribution in [2.45, 2.75) is 91.6 Å². The fourth-order valence-corrected chi connectivity index (χ4v) is 8.34. The summed E-state index contributed by atoms with van der Waals surface area (Å²) in [7, 11) is 0. The summed E-state index contributed by atoms with van der Waals surface area (Å²) in [5.74, 6) is 4.63. The van der Waals surface area contributed by atoms with Crippen molar-refractivity contribution in [1.29, 1.82) is 0 Å². The first kappa shape index (κ1) is 18.0. The van der Waals surface area contributed by atoms with Crippen molar-refractivity contribution >= 4 is 5.78 Å². The first-order valence-electron chi connectivity index (χ1n) is 10.8. The molecule has 4 fully saturated rings. The zero-order valence-corrected chi connectivity index (χ0v) is 17.0. The van der Waals surface area contributed by atoms with Crippen LogP contribution in [0.5, 0.6) is 0 Å². The van der Waals surface area contributed by atoms with Gasteiger partial charge in [-0.1, -0.05) is 20.8 Å². The topological polar surface area (TPSA) is 37.3 Å². The van der Waals surface area contributed by atoms with E-state index in [4.69, 9.17) is 0 Å². The number of hydrogen-bond donors (Lipinski definition) is 1. The fourth-order valence-electron chi connectivity index (χ4n) is 8.34. The van der Waals surface area contributed by atoms with E-state index in [2.05, 4.69) is 27.7 Å². The van der Waals surface area contributed by atoms with E-state index in [-0.39, 0.29) is 5.41 Å². The van der Waals surface area contributed by atoms with Crippen molar-refractivity contribution in [3.05, 3.63) is 0 Å². The second-order valence-electron chi connectivity index (χ2n) is 11.4. The van der Waals surface area contributed by atoms with Crippen LogP contribution in [0.1, 0.15) is 86.0 Å². The number of rotatable bonds is 1. The molecule has 0 aromatic carbocycles. The predicted octanol–water partition coefficient (Wildman–Crippen LogP) is 5.23. The number of carbonyl (C=O) groups is 1. The Morgan fingerprint density at radius 1 is 0.840 bits per heavy atom. The van der Waals surface area contributed by atoms with Gasteiger partial charge in [-0.25, -0.2) is 0 Å². The molecule has 25 heavy (non-hydrogen) atoms. The lowest BCUT2D eigenvalue weighted by molar-refractivity contribution is -0.149. The molecule has 0 radical (unpaired) electrons. The minimum atomic E-state index is -0.457. The Morgan fingerprint density at radius 2 is 1.52 bits per heavy atom. The summed E-state index contributed by atoms with van der Waals surface area (Å²) < 4.78 is 0. The van der Waals surface area contributed by atoms with Crippen LogP contribution in [0.2, 0.25) is 0 Å². The standard InChI is InChI=1S/C23H38O2/c1-14(24)18-6-7-19-17-12-21(2,3)20-13-22(4,25)10-8-16(20)15(17)9-11-23(18,19)5/h15-20,25H,6-13H2,1-5H3/t15-,16-,17-,18-,19+,20+,22+,23-/m1/s1. The Morgan fingerprint density at radius 3 is 2.20 bits per heavy atom. The van der Waals surface area contributed by atoms with Crippen LogP contribution in [0.4, 0.5) is 0 Å². The maximum Gasteiger partial charge on any atom is 0.133 e. The molecule has 2 nitrogen and oxygen atoms in total. The van der Waals surface area contributed by atoms with Crippen molar-refractivity contribution < 1.29 is 9.90 Å². The number of carbonyl (C=O) groups excluding carboxylic acids is 1. The van der Waals surface area contributed by atoms with Gasteiger partial charge in [0.15, 0.2) is 0 Å². The van der Waals surface area contributed by atoms with Crippen LogP contribution >= 0.6 is 0 Å². The molecule has 4 saturated carbocycles. The molecule has 4 aliphatic carbocycles. The van der Waals surface area contributed by atoms with E-state index in [9.17, 15) is 9.90 Å². The number of Topliss-reactive ketones (excluding diaryl/α,β-unsaturated/α-hetero) is 1. The molecule has 4 rings (SSSR count). The molecule has 1 N–H and O–H groups in total. The van der Waals surface area contributed by atoms with Gasteiger partial charge in [0.2, 0.25) is 0 Å². The van der Waals surface area contributed by atoms with Crippen LogP contribution in [0.3, 0.4) is 0 Å². The highest BCUT2D eigenvalue weighted by Gasteiger charge is 2.61. The highest BCUT2D eigenvalue weighted by atomic mass is 16.3. The van der Waals surface area contributed by atoms with Gasteiger partial charge < -0.3 is 5.11 Å². The molecule has 0 unspecified atom stereocenters. The van der Waals surface area contributed by atoms with Gasteiger partial charge in [0.25, 0.3) is 0 Å². The van der Waals surface area contributed by atoms with Crippen molar-refractivity contribution in [2.75, 3.05) is 0 Å². The smallest absolute Gasteiger partial charge is 0.133 e. The number of aliphatic hydroxyl groups is 1. The summed E-state index contributed by atoms with van der Waals surface area (Å²) in [6.07, 6.45) is 9.46. The molecule has 4 aliphatic rings. The second kappa shape index (κ2) is 5.57. The molecule has 0 aromatic rings. The molecule has 0 heterocycles. The molecular weight excluding hydrogens is 308 g/mol. The molecule has 0 saturated heterocycles. The molecule has 142 valence electrons. The van der Waals surface area contributed by atoms with E-state index in [1.807, 2.05) is 6.92 Å². The lowest BCUT2D eigenvalue weighted by Gasteiger charge is -2.61. The van der Waals surface area contributed by atoms with E-state index in [0.29, 0.717) is 23.0 Å². The number of hydrogen-bond acceptors (Lipinski definition) is 2. The summed E-state index contributed by atoms with van der Waals surface area (Å²) >= 11 is 0. The largest absolute Gasteiger partial charge is 0.390 e. The van der Waals surface area contributed by atoms with Crippen LogP contribution in [0.15, 0.2) is 0 Å². The third-order valence-corrected chi connectivity index (χ3v) is 9.49. The van der Waals surface area contributed by atoms with Crippen LogP contribution in [-0.2, 0) is 4.79 Å². The molecular formula is C23H38O2. The molecule has 0 bridgehead atoms. The minimum Gasteiger partial charge on any atom is -0.390 e. The van der Waals surface area contributed by atoms with Gasteiger partial charge in [-0.3, -0.25) is 4.79 Å². The third-order valence-electron chi connectivity index (χ3n) is 9.49. The third kappa shape index (κ3) is 2.65. The van der Waals surface area contributed by atoms with E-state index < -0.39 is 5.60 Å². The van der Waals surface area contributed by atoms with Gasteiger partial charge in [0, 0.05) is 5.92 Å². The second-order valence-corrected chi connectivity index (χ2v) is 11.4. The van der Waals surface area contributed by atoms with Crippen molar-refractivity contribution in [3.63, 3.8) is 0 Å². The van der Waals surface area contributed by atoms with Gasteiger partial charge in [-0.15, -0.1) is 0 Å². The highest BCUT2D eigenvalue weighted by molar-refractivity contribution is 5.79. The zero-order valence-electron chi connectivity index (χ0n) is 17.0. The lowest BCUT2D eigenvalue weighted by atomic mass is 9.44. The number of ketones is 1. The first-order valence-corrected chi connectivity index (χ1v) is 10.8. The van der Waals surface area contributed by atoms with Gasteiger partial charge in [-0.05, 0) is 106 Å². The summed E-state index contributed by atoms with van der Waals surface area (Å²) in [6, 6.07) is 0. The maximum absolute atomic E-state index is 12.3. The molecule has 0 spiro atoms. The molecule has 0 aliphatic heterocycles. The SMILES string of the molecule is CC(=O)[C@H]1CC[C@H]2[C@@H]3CC(C)(C)[C@H]4C[C@@](C)(O)CC[C@@H]4[C@H]3CC[C@]12C. The number of fused-ring (bicyclic) bond motifs is 5. The molecule has 2 heteroatoms. The van der Waals surface area contributed by atoms with E-state index in [0.717, 1.165) is 42.9 Å². The molecule has 0 amide bonds. The summed E-state index contributed by atoms with van der Waals surface area (Å²) in [5.41, 5.74) is 0.125. The van der Waals surface area contributed by atoms with Gasteiger partial charge in [0.05, 0.1) is 5.60 Å². The first-order chi connectivity index (χ1) is 11.6. The highest BCUT2D eigenvalue weighted by Crippen LogP contribution is 2.67. The van der Waals surface area contributed by atoms with Gasteiger partial charge in [-0.2, -0.15) is 0 Å². The zero-order chi connectivity index (χ0) is 18.2. The van der Waals surface area contributed by atoms with Gasteiger partial charge >= 0.3 is 0 Å². The Hall–Kier alpha value is -0.370. The Bertz CT molecular complexity index is 562. The van der Waals surface area contributed by atoms with Crippen LogP contribution < -0.4 is 0 Å². The summed E-state index contributed by atoms with van der Waals surface area (Å²) in [5, 5.41) is 10.7. The average molecular weight is 347 g/mol. The van der Waals surface area contributed by atoms with E-state index in [1.165, 1.54) is 32.1 Å². The molecule has 0 aromatic heterocycles. The Kier molecular flexibility index (Phi) is 4.01. The Labute approximate surface area is 154 Å². The molecule has 8 atom stereocenters. The quantitative estimate of drug-likeness (QED) is 0.706. The maximum atomic E-state index is 12.3. The van der Waals surface area contributed by atoms with E-state index in [1.54, 1.807) is 0 Å².